The number of benzene rings is 1. The van der Waals surface area contributed by atoms with Gasteiger partial charge in [-0.05, 0) is 18.2 Å². The third kappa shape index (κ3) is 3.90. The van der Waals surface area contributed by atoms with Gasteiger partial charge in [-0.15, -0.1) is 0 Å². The summed E-state index contributed by atoms with van der Waals surface area (Å²) in [6.07, 6.45) is 4.74. The van der Waals surface area contributed by atoms with Gasteiger partial charge in [0.05, 0.1) is 17.8 Å². The number of nitriles is 1. The molecule has 0 aromatic heterocycles. The lowest BCUT2D eigenvalue weighted by Gasteiger charge is -2.10. The minimum Gasteiger partial charge on any atom is -1.00 e. The first-order chi connectivity index (χ1) is 9.20. The van der Waals surface area contributed by atoms with Gasteiger partial charge < -0.3 is 23.5 Å². The minimum atomic E-state index is 0. The molecule has 20 heavy (non-hydrogen) atoms. The van der Waals surface area contributed by atoms with Crippen LogP contribution >= 0.6 is 0 Å². The molecule has 6 heteroatoms. The molecule has 1 aliphatic rings. The van der Waals surface area contributed by atoms with E-state index in [4.69, 9.17) is 11.0 Å². The molecule has 0 amide bonds. The van der Waals surface area contributed by atoms with Crippen molar-refractivity contribution in [3.8, 4) is 6.07 Å². The maximum Gasteiger partial charge on any atom is 0.295 e. The predicted octanol–water partition coefficient (Wildman–Crippen LogP) is -1.51. The van der Waals surface area contributed by atoms with Crippen molar-refractivity contribution in [1.29, 1.82) is 5.26 Å². The van der Waals surface area contributed by atoms with Crippen LogP contribution in [-0.4, -0.2) is 23.8 Å². The Morgan fingerprint density at radius 3 is 2.90 bits per heavy atom. The van der Waals surface area contributed by atoms with Crippen LogP contribution in [0.2, 0.25) is 0 Å². The summed E-state index contributed by atoms with van der Waals surface area (Å²) in [5.41, 5.74) is 7.67. The second-order valence-corrected chi connectivity index (χ2v) is 4.37. The molecule has 0 unspecified atom stereocenters. The highest BCUT2D eigenvalue weighted by Crippen LogP contribution is 2.17. The van der Waals surface area contributed by atoms with Gasteiger partial charge in [0.1, 0.15) is 12.3 Å². The number of nitrogen functional groups attached to an aromatic ring is 1. The van der Waals surface area contributed by atoms with Crippen molar-refractivity contribution in [1.82, 2.24) is 9.89 Å². The van der Waals surface area contributed by atoms with Crippen molar-refractivity contribution < 1.29 is 12.4 Å². The first-order valence-electron chi connectivity index (χ1n) is 6.22. The van der Waals surface area contributed by atoms with Crippen molar-refractivity contribution in [2.45, 2.75) is 13.3 Å². The van der Waals surface area contributed by atoms with Crippen LogP contribution in [0, 0.1) is 11.3 Å². The Morgan fingerprint density at radius 2 is 2.25 bits per heavy atom. The molecule has 3 N–H and O–H groups in total. The summed E-state index contributed by atoms with van der Waals surface area (Å²) in [6, 6.07) is 7.46. The first-order valence-corrected chi connectivity index (χ1v) is 6.22. The average molecular weight is 291 g/mol. The lowest BCUT2D eigenvalue weighted by molar-refractivity contribution is -0.00000432. The maximum atomic E-state index is 9.03. The number of nitrogens with one attached hydrogen (secondary N) is 1. The number of hydrogen-bond donors (Lipinski definition) is 2. The fraction of sp³-hybridized carbons (Fsp3) is 0.286. The molecule has 1 aliphatic heterocycles. The standard InChI is InChI=1S/C14H17N5.ClH/c1-11-17-6-8-19(11)7-2-5-18-14-4-3-13(16)9-12(14)10-15;/h3-4,6,8-9,18H,2,5,7,16H2,1H3;1H/q+1;/p-1. The molecule has 105 valence electrons. The van der Waals surface area contributed by atoms with Gasteiger partial charge in [0, 0.05) is 25.6 Å². The van der Waals surface area contributed by atoms with E-state index < -0.39 is 0 Å². The van der Waals surface area contributed by atoms with Crippen molar-refractivity contribution >= 4 is 17.2 Å². The van der Waals surface area contributed by atoms with E-state index in [1.54, 1.807) is 18.3 Å². The monoisotopic (exact) mass is 290 g/mol. The summed E-state index contributed by atoms with van der Waals surface area (Å²) in [4.78, 5) is 6.28. The molecule has 1 aromatic rings. The lowest BCUT2D eigenvalue weighted by Crippen LogP contribution is -3.00. The molecule has 2 rings (SSSR count). The molecule has 0 saturated carbocycles. The van der Waals surface area contributed by atoms with Crippen LogP contribution in [0.4, 0.5) is 11.4 Å². The van der Waals surface area contributed by atoms with E-state index in [2.05, 4.69) is 21.3 Å². The number of aliphatic imine (C=N–C) groups is 1. The number of nitrogens with zero attached hydrogens (tertiary/aromatic N) is 3. The molecule has 0 spiro atoms. The van der Waals surface area contributed by atoms with Crippen molar-refractivity contribution in [3.05, 3.63) is 36.2 Å². The number of hydrogen-bond acceptors (Lipinski definition) is 5. The smallest absolute Gasteiger partial charge is 0.295 e. The summed E-state index contributed by atoms with van der Waals surface area (Å²) in [5, 5.41) is 12.3. The van der Waals surface area contributed by atoms with Gasteiger partial charge >= 0.3 is 0 Å². The molecule has 1 aromatic carbocycles. The molecular weight excluding hydrogens is 274 g/mol. The molecule has 0 aliphatic carbocycles. The third-order valence-electron chi connectivity index (χ3n) is 2.98. The Kier molecular flexibility index (Phi) is 5.88. The minimum absolute atomic E-state index is 0. The Labute approximate surface area is 125 Å². The molecule has 1 heterocycles. The van der Waals surface area contributed by atoms with Gasteiger partial charge in [0.2, 0.25) is 0 Å². The van der Waals surface area contributed by atoms with Crippen molar-refractivity contribution in [2.24, 2.45) is 0 Å². The summed E-state index contributed by atoms with van der Waals surface area (Å²) in [7, 11) is 0. The van der Waals surface area contributed by atoms with Gasteiger partial charge in [0.15, 0.2) is 6.20 Å². The van der Waals surface area contributed by atoms with Crippen LogP contribution in [0.5, 0.6) is 0 Å². The zero-order valence-corrected chi connectivity index (χ0v) is 12.1. The van der Waals surface area contributed by atoms with E-state index in [0.29, 0.717) is 11.3 Å². The fourth-order valence-electron chi connectivity index (χ4n) is 1.92. The Balaban J connectivity index is 0.00000200. The molecule has 0 bridgehead atoms. The Morgan fingerprint density at radius 1 is 1.45 bits per heavy atom. The van der Waals surface area contributed by atoms with Crippen molar-refractivity contribution in [2.75, 3.05) is 24.1 Å². The largest absolute Gasteiger partial charge is 1.00 e. The fourth-order valence-corrected chi connectivity index (χ4v) is 1.92. The van der Waals surface area contributed by atoms with E-state index in [1.165, 1.54) is 0 Å². The molecule has 0 fully saturated rings. The Hall–Kier alpha value is -2.19. The topological polar surface area (TPSA) is 79.2 Å². The third-order valence-corrected chi connectivity index (χ3v) is 2.98. The number of nitrogens with two attached hydrogens (primary N) is 1. The quantitative estimate of drug-likeness (QED) is 0.510. The SMILES string of the molecule is CC1=[N+]C=CN1CCCNc1ccc(N)cc1C#N.[Cl-]. The number of amidine groups is 1. The summed E-state index contributed by atoms with van der Waals surface area (Å²) < 4.78 is 0. The van der Waals surface area contributed by atoms with E-state index in [9.17, 15) is 0 Å². The summed E-state index contributed by atoms with van der Waals surface area (Å²) in [5.74, 6) is 1.02. The average Bonchev–Trinajstić information content (AvgIpc) is 2.81. The lowest BCUT2D eigenvalue weighted by atomic mass is 10.1. The first kappa shape index (κ1) is 15.9. The van der Waals surface area contributed by atoms with Gasteiger partial charge in [-0.2, -0.15) is 5.26 Å². The Bertz CT molecular complexity index is 559. The second kappa shape index (κ2) is 7.41. The molecule has 1 radical (unpaired) electrons. The van der Waals surface area contributed by atoms with E-state index in [-0.39, 0.29) is 12.4 Å². The number of halogens is 1. The second-order valence-electron chi connectivity index (χ2n) is 4.37. The summed E-state index contributed by atoms with van der Waals surface area (Å²) in [6.45, 7) is 3.70. The van der Waals surface area contributed by atoms with Gasteiger partial charge in [-0.1, -0.05) is 4.99 Å². The van der Waals surface area contributed by atoms with Crippen LogP contribution < -0.4 is 28.4 Å². The maximum absolute atomic E-state index is 9.03. The van der Waals surface area contributed by atoms with Crippen LogP contribution in [0.25, 0.3) is 0 Å². The van der Waals surface area contributed by atoms with Crippen LogP contribution in [0.15, 0.2) is 30.6 Å². The predicted molar refractivity (Wildman–Crippen MR) is 77.3 cm³/mol. The van der Waals surface area contributed by atoms with Crippen LogP contribution in [0.1, 0.15) is 18.9 Å². The van der Waals surface area contributed by atoms with Gasteiger partial charge in [-0.3, -0.25) is 0 Å². The van der Waals surface area contributed by atoms with Gasteiger partial charge in [0.25, 0.3) is 5.84 Å². The molecule has 0 atom stereocenters. The highest BCUT2D eigenvalue weighted by molar-refractivity contribution is 5.81. The van der Waals surface area contributed by atoms with E-state index in [0.717, 1.165) is 31.0 Å². The molecule has 5 nitrogen and oxygen atoms in total. The summed E-state index contributed by atoms with van der Waals surface area (Å²) >= 11 is 0. The van der Waals surface area contributed by atoms with Gasteiger partial charge in [-0.25, -0.2) is 4.90 Å². The van der Waals surface area contributed by atoms with E-state index >= 15 is 0 Å². The zero-order chi connectivity index (χ0) is 13.7. The zero-order valence-electron chi connectivity index (χ0n) is 11.3. The highest BCUT2D eigenvalue weighted by atomic mass is 35.5. The molecule has 0 saturated heterocycles. The van der Waals surface area contributed by atoms with Crippen molar-refractivity contribution in [3.63, 3.8) is 0 Å². The normalized spacial score (nSPS) is 12.6. The highest BCUT2D eigenvalue weighted by Gasteiger charge is 2.17. The van der Waals surface area contributed by atoms with Crippen LogP contribution in [0.3, 0.4) is 0 Å². The van der Waals surface area contributed by atoms with E-state index in [1.807, 2.05) is 19.2 Å². The van der Waals surface area contributed by atoms with Crippen LogP contribution in [-0.2, 0) is 0 Å². The number of anilines is 2. The number of rotatable bonds is 5. The molecular formula is C14H17ClN5.